The van der Waals surface area contributed by atoms with Crippen LogP contribution in [0, 0.1) is 12.3 Å². The van der Waals surface area contributed by atoms with E-state index in [1.165, 1.54) is 29.2 Å². The summed E-state index contributed by atoms with van der Waals surface area (Å²) < 4.78 is 0. The van der Waals surface area contributed by atoms with Crippen molar-refractivity contribution in [2.45, 2.75) is 50.8 Å². The summed E-state index contributed by atoms with van der Waals surface area (Å²) in [4.78, 5) is 3.15. The third-order valence-electron chi connectivity index (χ3n) is 3.44. The number of hydrogen-bond acceptors (Lipinski definition) is 3. The first-order valence-electron chi connectivity index (χ1n) is 7.21. The predicted octanol–water partition coefficient (Wildman–Crippen LogP) is 4.38. The van der Waals surface area contributed by atoms with Gasteiger partial charge in [0, 0.05) is 28.0 Å². The molecule has 19 heavy (non-hydrogen) atoms. The summed E-state index contributed by atoms with van der Waals surface area (Å²) in [6.07, 6.45) is 11.0. The maximum absolute atomic E-state index is 5.36. The Hall–Kier alpha value is -0.430. The van der Waals surface area contributed by atoms with Gasteiger partial charge < -0.3 is 5.32 Å². The lowest BCUT2D eigenvalue weighted by atomic mass is 10.1. The van der Waals surface area contributed by atoms with Gasteiger partial charge in [-0.25, -0.2) is 0 Å². The standard InChI is InChI=1S/C16H23NS2/c1-3-5-6-7-14(17-9-4-2)16-11-13-12-18-10-8-15(13)19-16/h1,11,14,17H,4-10,12H2,2H3. The molecule has 0 amide bonds. The van der Waals surface area contributed by atoms with Crippen LogP contribution < -0.4 is 5.32 Å². The molecule has 0 aromatic carbocycles. The Morgan fingerprint density at radius 3 is 3.16 bits per heavy atom. The minimum Gasteiger partial charge on any atom is -0.309 e. The van der Waals surface area contributed by atoms with E-state index in [-0.39, 0.29) is 0 Å². The summed E-state index contributed by atoms with van der Waals surface area (Å²) in [5, 5.41) is 3.69. The summed E-state index contributed by atoms with van der Waals surface area (Å²) in [6.45, 7) is 3.32. The van der Waals surface area contributed by atoms with E-state index in [1.54, 1.807) is 10.4 Å². The third-order valence-corrected chi connectivity index (χ3v) is 5.80. The lowest BCUT2D eigenvalue weighted by molar-refractivity contribution is 0.494. The van der Waals surface area contributed by atoms with Gasteiger partial charge in [0.1, 0.15) is 0 Å². The number of unbranched alkanes of at least 4 members (excludes halogenated alkanes) is 1. The van der Waals surface area contributed by atoms with Gasteiger partial charge in [-0.15, -0.1) is 23.7 Å². The number of thiophene rings is 1. The number of fused-ring (bicyclic) bond motifs is 1. The molecule has 0 bridgehead atoms. The van der Waals surface area contributed by atoms with E-state index >= 15 is 0 Å². The first-order valence-corrected chi connectivity index (χ1v) is 9.18. The lowest BCUT2D eigenvalue weighted by Gasteiger charge is -2.16. The van der Waals surface area contributed by atoms with E-state index in [1.807, 2.05) is 11.3 Å². The molecule has 0 saturated carbocycles. The Morgan fingerprint density at radius 1 is 1.53 bits per heavy atom. The zero-order chi connectivity index (χ0) is 13.5. The fraction of sp³-hybridized carbons (Fsp3) is 0.625. The van der Waals surface area contributed by atoms with Crippen molar-refractivity contribution >= 4 is 23.1 Å². The van der Waals surface area contributed by atoms with E-state index in [9.17, 15) is 0 Å². The van der Waals surface area contributed by atoms with Gasteiger partial charge in [0.05, 0.1) is 0 Å². The summed E-state index contributed by atoms with van der Waals surface area (Å²) in [5.74, 6) is 5.25. The maximum atomic E-state index is 5.36. The molecule has 1 aromatic heterocycles. The molecular formula is C16H23NS2. The highest BCUT2D eigenvalue weighted by molar-refractivity contribution is 7.98. The van der Waals surface area contributed by atoms with Gasteiger partial charge >= 0.3 is 0 Å². The van der Waals surface area contributed by atoms with Gasteiger partial charge in [-0.1, -0.05) is 6.92 Å². The number of rotatable bonds is 7. The topological polar surface area (TPSA) is 12.0 Å². The van der Waals surface area contributed by atoms with Crippen LogP contribution in [0.3, 0.4) is 0 Å². The highest BCUT2D eigenvalue weighted by Crippen LogP contribution is 2.35. The Labute approximate surface area is 125 Å². The minimum absolute atomic E-state index is 0.508. The fourth-order valence-corrected chi connectivity index (χ4v) is 4.90. The number of nitrogens with one attached hydrogen (secondary N) is 1. The van der Waals surface area contributed by atoms with Crippen molar-refractivity contribution in [1.82, 2.24) is 5.32 Å². The number of terminal acetylenes is 1. The molecule has 1 aliphatic heterocycles. The molecule has 1 nitrogen and oxygen atoms in total. The number of thioether (sulfide) groups is 1. The monoisotopic (exact) mass is 293 g/mol. The zero-order valence-electron chi connectivity index (χ0n) is 11.7. The Morgan fingerprint density at radius 2 is 2.42 bits per heavy atom. The van der Waals surface area contributed by atoms with Crippen LogP contribution in [0.5, 0.6) is 0 Å². The van der Waals surface area contributed by atoms with Crippen molar-refractivity contribution in [2.75, 3.05) is 12.3 Å². The smallest absolute Gasteiger partial charge is 0.0415 e. The number of aryl methyl sites for hydroxylation is 1. The van der Waals surface area contributed by atoms with Crippen molar-refractivity contribution in [3.05, 3.63) is 21.4 Å². The lowest BCUT2D eigenvalue weighted by Crippen LogP contribution is -2.21. The molecule has 1 N–H and O–H groups in total. The number of hydrogen-bond donors (Lipinski definition) is 1. The highest BCUT2D eigenvalue weighted by atomic mass is 32.2. The minimum atomic E-state index is 0.508. The van der Waals surface area contributed by atoms with E-state index in [2.05, 4.69) is 36.0 Å². The van der Waals surface area contributed by atoms with E-state index in [0.29, 0.717) is 6.04 Å². The van der Waals surface area contributed by atoms with Gasteiger partial charge in [-0.05, 0) is 49.6 Å². The molecule has 0 radical (unpaired) electrons. The first kappa shape index (κ1) is 15.0. The van der Waals surface area contributed by atoms with Crippen molar-refractivity contribution in [2.24, 2.45) is 0 Å². The van der Waals surface area contributed by atoms with E-state index in [0.717, 1.165) is 25.8 Å². The van der Waals surface area contributed by atoms with Crippen LogP contribution >= 0.6 is 23.1 Å². The largest absolute Gasteiger partial charge is 0.309 e. The second kappa shape index (κ2) is 7.99. The molecule has 1 aliphatic rings. The molecule has 0 saturated heterocycles. The molecule has 1 atom stereocenters. The highest BCUT2D eigenvalue weighted by Gasteiger charge is 2.18. The van der Waals surface area contributed by atoms with Crippen molar-refractivity contribution in [3.8, 4) is 12.3 Å². The summed E-state index contributed by atoms with van der Waals surface area (Å²) >= 11 is 4.09. The average Bonchev–Trinajstić information content (AvgIpc) is 2.86. The van der Waals surface area contributed by atoms with Gasteiger partial charge in [-0.3, -0.25) is 0 Å². The Balaban J connectivity index is 2.03. The molecule has 2 heterocycles. The van der Waals surface area contributed by atoms with Crippen LogP contribution in [0.1, 0.15) is 54.0 Å². The van der Waals surface area contributed by atoms with Gasteiger partial charge in [0.15, 0.2) is 0 Å². The molecule has 3 heteroatoms. The van der Waals surface area contributed by atoms with Crippen LogP contribution in [0.2, 0.25) is 0 Å². The van der Waals surface area contributed by atoms with Crippen LogP contribution in [0.4, 0.5) is 0 Å². The second-order valence-electron chi connectivity index (χ2n) is 5.00. The molecule has 0 fully saturated rings. The first-order chi connectivity index (χ1) is 9.35. The fourth-order valence-electron chi connectivity index (χ4n) is 2.41. The third kappa shape index (κ3) is 4.27. The van der Waals surface area contributed by atoms with Gasteiger partial charge in [0.25, 0.3) is 0 Å². The summed E-state index contributed by atoms with van der Waals surface area (Å²) in [5.41, 5.74) is 1.58. The summed E-state index contributed by atoms with van der Waals surface area (Å²) in [7, 11) is 0. The van der Waals surface area contributed by atoms with Gasteiger partial charge in [-0.2, -0.15) is 11.8 Å². The van der Waals surface area contributed by atoms with Crippen LogP contribution in [0.25, 0.3) is 0 Å². The average molecular weight is 294 g/mol. The van der Waals surface area contributed by atoms with Gasteiger partial charge in [0.2, 0.25) is 0 Å². The molecule has 1 unspecified atom stereocenters. The normalized spacial score (nSPS) is 15.8. The van der Waals surface area contributed by atoms with Crippen molar-refractivity contribution in [1.29, 1.82) is 0 Å². The quantitative estimate of drug-likeness (QED) is 0.591. The van der Waals surface area contributed by atoms with Crippen molar-refractivity contribution in [3.63, 3.8) is 0 Å². The predicted molar refractivity (Wildman–Crippen MR) is 87.9 cm³/mol. The zero-order valence-corrected chi connectivity index (χ0v) is 13.3. The van der Waals surface area contributed by atoms with Crippen LogP contribution in [0.15, 0.2) is 6.07 Å². The summed E-state index contributed by atoms with van der Waals surface area (Å²) in [6, 6.07) is 2.95. The molecule has 0 aliphatic carbocycles. The maximum Gasteiger partial charge on any atom is 0.0415 e. The van der Waals surface area contributed by atoms with E-state index < -0.39 is 0 Å². The molecular weight excluding hydrogens is 270 g/mol. The van der Waals surface area contributed by atoms with E-state index in [4.69, 9.17) is 6.42 Å². The Bertz CT molecular complexity index is 407. The SMILES string of the molecule is C#CCCCC(NCCC)c1cc2c(s1)CCSC2. The molecule has 1 aromatic rings. The molecule has 2 rings (SSSR count). The van der Waals surface area contributed by atoms with Crippen molar-refractivity contribution < 1.29 is 0 Å². The molecule has 0 spiro atoms. The molecule has 104 valence electrons. The van der Waals surface area contributed by atoms with Crippen LogP contribution in [-0.4, -0.2) is 12.3 Å². The van der Waals surface area contributed by atoms with Crippen LogP contribution in [-0.2, 0) is 12.2 Å². The second-order valence-corrected chi connectivity index (χ2v) is 7.28. The Kier molecular flexibility index (Phi) is 6.30.